The lowest BCUT2D eigenvalue weighted by molar-refractivity contribution is 0.141. The third-order valence-corrected chi connectivity index (χ3v) is 2.15. The molecule has 14 heavy (non-hydrogen) atoms. The van der Waals surface area contributed by atoms with Gasteiger partial charge >= 0.3 is 0 Å². The molecule has 3 heteroatoms. The van der Waals surface area contributed by atoms with Crippen molar-refractivity contribution in [3.8, 4) is 11.8 Å². The summed E-state index contributed by atoms with van der Waals surface area (Å²) in [5.74, 6) is 0.750. The minimum Gasteiger partial charge on any atom is -0.488 e. The van der Waals surface area contributed by atoms with Crippen LogP contribution in [0.4, 0.5) is 0 Å². The average Bonchev–Trinajstić information content (AvgIpc) is 2.71. The molecule has 72 valence electrons. The van der Waals surface area contributed by atoms with E-state index in [4.69, 9.17) is 14.7 Å². The number of hydrogen-bond donors (Lipinski definition) is 0. The molecule has 0 aliphatic carbocycles. The van der Waals surface area contributed by atoms with Crippen molar-refractivity contribution in [1.29, 1.82) is 5.26 Å². The van der Waals surface area contributed by atoms with Crippen LogP contribution < -0.4 is 4.74 Å². The van der Waals surface area contributed by atoms with Gasteiger partial charge in [0.05, 0.1) is 24.8 Å². The Morgan fingerprint density at radius 2 is 2.43 bits per heavy atom. The highest BCUT2D eigenvalue weighted by molar-refractivity contribution is 5.36. The molecule has 1 aliphatic heterocycles. The summed E-state index contributed by atoms with van der Waals surface area (Å²) in [5, 5.41) is 8.69. The van der Waals surface area contributed by atoms with E-state index in [9.17, 15) is 0 Å². The van der Waals surface area contributed by atoms with E-state index in [1.165, 1.54) is 0 Å². The van der Waals surface area contributed by atoms with Crippen LogP contribution in [0.1, 0.15) is 12.0 Å². The molecule has 0 spiro atoms. The molecule has 3 nitrogen and oxygen atoms in total. The predicted octanol–water partition coefficient (Wildman–Crippen LogP) is 1.73. The van der Waals surface area contributed by atoms with E-state index in [-0.39, 0.29) is 6.10 Å². The molecule has 1 atom stereocenters. The molecule has 0 radical (unpaired) electrons. The van der Waals surface area contributed by atoms with E-state index in [2.05, 4.69) is 6.07 Å². The van der Waals surface area contributed by atoms with Crippen molar-refractivity contribution < 1.29 is 9.47 Å². The molecule has 1 heterocycles. The number of nitrogens with zero attached hydrogens (tertiary/aromatic N) is 1. The van der Waals surface area contributed by atoms with Crippen molar-refractivity contribution >= 4 is 0 Å². The Morgan fingerprint density at radius 3 is 3.14 bits per heavy atom. The molecular formula is C11H11NO2. The topological polar surface area (TPSA) is 42.2 Å². The predicted molar refractivity (Wildman–Crippen MR) is 51.0 cm³/mol. The van der Waals surface area contributed by atoms with Crippen molar-refractivity contribution in [2.45, 2.75) is 12.5 Å². The van der Waals surface area contributed by atoms with E-state index < -0.39 is 0 Å². The van der Waals surface area contributed by atoms with Crippen LogP contribution in [0.3, 0.4) is 0 Å². The second-order valence-corrected chi connectivity index (χ2v) is 3.24. The maximum atomic E-state index is 8.69. The van der Waals surface area contributed by atoms with E-state index in [0.717, 1.165) is 18.8 Å². The molecule has 0 bridgehead atoms. The van der Waals surface area contributed by atoms with Gasteiger partial charge in [-0.05, 0) is 18.2 Å². The minimum atomic E-state index is 0.143. The van der Waals surface area contributed by atoms with Crippen LogP contribution in [0.5, 0.6) is 5.75 Å². The summed E-state index contributed by atoms with van der Waals surface area (Å²) >= 11 is 0. The normalized spacial score (nSPS) is 20.4. The first-order valence-electron chi connectivity index (χ1n) is 4.63. The van der Waals surface area contributed by atoms with Crippen molar-refractivity contribution in [2.75, 3.05) is 13.2 Å². The molecular weight excluding hydrogens is 178 g/mol. The Bertz CT molecular complexity index is 351. The van der Waals surface area contributed by atoms with Gasteiger partial charge in [-0.1, -0.05) is 6.07 Å². The van der Waals surface area contributed by atoms with E-state index in [1.54, 1.807) is 12.1 Å². The van der Waals surface area contributed by atoms with Gasteiger partial charge in [-0.3, -0.25) is 0 Å². The zero-order chi connectivity index (χ0) is 9.80. The monoisotopic (exact) mass is 189 g/mol. The molecule has 0 amide bonds. The molecule has 1 aromatic carbocycles. The first-order valence-corrected chi connectivity index (χ1v) is 4.63. The summed E-state index contributed by atoms with van der Waals surface area (Å²) in [6.07, 6.45) is 1.07. The van der Waals surface area contributed by atoms with Gasteiger partial charge in [0.15, 0.2) is 0 Å². The summed E-state index contributed by atoms with van der Waals surface area (Å²) < 4.78 is 10.8. The highest BCUT2D eigenvalue weighted by atomic mass is 16.5. The molecule has 2 rings (SSSR count). The molecule has 1 unspecified atom stereocenters. The van der Waals surface area contributed by atoms with Crippen LogP contribution >= 0.6 is 0 Å². The first-order chi connectivity index (χ1) is 6.88. The Labute approximate surface area is 82.9 Å². The maximum Gasteiger partial charge on any atom is 0.124 e. The van der Waals surface area contributed by atoms with E-state index in [1.807, 2.05) is 12.1 Å². The number of hydrogen-bond acceptors (Lipinski definition) is 3. The summed E-state index contributed by atoms with van der Waals surface area (Å²) in [5.41, 5.74) is 0.626. The smallest absolute Gasteiger partial charge is 0.124 e. The number of ether oxygens (including phenoxy) is 2. The number of nitriles is 1. The SMILES string of the molecule is N#Cc1cccc(OC2CCOC2)c1. The summed E-state index contributed by atoms with van der Waals surface area (Å²) in [4.78, 5) is 0. The summed E-state index contributed by atoms with van der Waals surface area (Å²) in [6, 6.07) is 9.27. The van der Waals surface area contributed by atoms with Crippen molar-refractivity contribution in [2.24, 2.45) is 0 Å². The molecule has 1 aromatic rings. The largest absolute Gasteiger partial charge is 0.488 e. The van der Waals surface area contributed by atoms with Crippen LogP contribution in [0.15, 0.2) is 24.3 Å². The van der Waals surface area contributed by atoms with Crippen molar-refractivity contribution in [3.05, 3.63) is 29.8 Å². The van der Waals surface area contributed by atoms with Gasteiger partial charge in [-0.25, -0.2) is 0 Å². The minimum absolute atomic E-state index is 0.143. The van der Waals surface area contributed by atoms with Crippen molar-refractivity contribution in [1.82, 2.24) is 0 Å². The van der Waals surface area contributed by atoms with Crippen LogP contribution in [-0.4, -0.2) is 19.3 Å². The number of rotatable bonds is 2. The van der Waals surface area contributed by atoms with Crippen LogP contribution in [0.25, 0.3) is 0 Å². The Morgan fingerprint density at radius 1 is 1.50 bits per heavy atom. The average molecular weight is 189 g/mol. The summed E-state index contributed by atoms with van der Waals surface area (Å²) in [7, 11) is 0. The first kappa shape index (κ1) is 9.04. The molecule has 0 saturated carbocycles. The number of benzene rings is 1. The highest BCUT2D eigenvalue weighted by Crippen LogP contribution is 2.17. The highest BCUT2D eigenvalue weighted by Gasteiger charge is 2.16. The van der Waals surface area contributed by atoms with Gasteiger partial charge in [-0.15, -0.1) is 0 Å². The molecule has 1 fully saturated rings. The molecule has 0 aromatic heterocycles. The van der Waals surface area contributed by atoms with Crippen LogP contribution in [0.2, 0.25) is 0 Å². The second-order valence-electron chi connectivity index (χ2n) is 3.24. The lowest BCUT2D eigenvalue weighted by Gasteiger charge is -2.11. The fraction of sp³-hybridized carbons (Fsp3) is 0.364. The lowest BCUT2D eigenvalue weighted by atomic mass is 10.2. The summed E-state index contributed by atoms with van der Waals surface area (Å²) in [6.45, 7) is 1.42. The van der Waals surface area contributed by atoms with Crippen molar-refractivity contribution in [3.63, 3.8) is 0 Å². The molecule has 0 N–H and O–H groups in total. The van der Waals surface area contributed by atoms with Gasteiger partial charge in [0.1, 0.15) is 11.9 Å². The van der Waals surface area contributed by atoms with Gasteiger partial charge in [0.25, 0.3) is 0 Å². The van der Waals surface area contributed by atoms with Gasteiger partial charge < -0.3 is 9.47 Å². The second kappa shape index (κ2) is 4.12. The Kier molecular flexibility index (Phi) is 2.66. The standard InChI is InChI=1S/C11H11NO2/c12-7-9-2-1-3-10(6-9)14-11-4-5-13-8-11/h1-3,6,11H,4-5,8H2. The van der Waals surface area contributed by atoms with Gasteiger partial charge in [-0.2, -0.15) is 5.26 Å². The molecule has 1 aliphatic rings. The zero-order valence-corrected chi connectivity index (χ0v) is 7.77. The fourth-order valence-electron chi connectivity index (χ4n) is 1.44. The molecule has 1 saturated heterocycles. The fourth-order valence-corrected chi connectivity index (χ4v) is 1.44. The Hall–Kier alpha value is -1.53. The van der Waals surface area contributed by atoms with Gasteiger partial charge in [0.2, 0.25) is 0 Å². The lowest BCUT2D eigenvalue weighted by Crippen LogP contribution is -2.15. The van der Waals surface area contributed by atoms with Crippen LogP contribution in [-0.2, 0) is 4.74 Å². The van der Waals surface area contributed by atoms with E-state index >= 15 is 0 Å². The maximum absolute atomic E-state index is 8.69. The zero-order valence-electron chi connectivity index (χ0n) is 7.77. The third kappa shape index (κ3) is 2.04. The van der Waals surface area contributed by atoms with Crippen LogP contribution in [0, 0.1) is 11.3 Å². The quantitative estimate of drug-likeness (QED) is 0.711. The Balaban J connectivity index is 2.05. The third-order valence-electron chi connectivity index (χ3n) is 2.15. The van der Waals surface area contributed by atoms with Gasteiger partial charge in [0, 0.05) is 6.42 Å². The van der Waals surface area contributed by atoms with E-state index in [0.29, 0.717) is 12.2 Å².